The van der Waals surface area contributed by atoms with E-state index in [9.17, 15) is 4.79 Å². The summed E-state index contributed by atoms with van der Waals surface area (Å²) in [5.41, 5.74) is -0.378. The van der Waals surface area contributed by atoms with Gasteiger partial charge in [-0.2, -0.15) is 0 Å². The third-order valence-electron chi connectivity index (χ3n) is 1.77. The van der Waals surface area contributed by atoms with E-state index in [-0.39, 0.29) is 23.1 Å². The molecule has 0 fully saturated rings. The highest BCUT2D eigenvalue weighted by molar-refractivity contribution is 9.10. The van der Waals surface area contributed by atoms with Crippen molar-refractivity contribution < 1.29 is 14.3 Å². The first-order valence-electron chi connectivity index (χ1n) is 4.95. The minimum Gasteiger partial charge on any atom is -0.359 e. The van der Waals surface area contributed by atoms with Gasteiger partial charge in [0.1, 0.15) is 6.79 Å². The van der Waals surface area contributed by atoms with Gasteiger partial charge in [0.25, 0.3) is 0 Å². The molecule has 1 unspecified atom stereocenters. The molecule has 0 heterocycles. The lowest BCUT2D eigenvalue weighted by molar-refractivity contribution is -0.123. The van der Waals surface area contributed by atoms with Crippen LogP contribution in [0.2, 0.25) is 0 Å². The molecule has 0 spiro atoms. The average molecular weight is 282 g/mol. The van der Waals surface area contributed by atoms with E-state index in [1.165, 1.54) is 0 Å². The molecule has 0 aromatic carbocycles. The monoisotopic (exact) mass is 281 g/mol. The molecule has 1 amide bonds. The van der Waals surface area contributed by atoms with E-state index in [1.807, 2.05) is 20.8 Å². The summed E-state index contributed by atoms with van der Waals surface area (Å²) in [4.78, 5) is 11.4. The Kier molecular flexibility index (Phi) is 7.13. The second kappa shape index (κ2) is 7.19. The molecule has 5 heteroatoms. The van der Waals surface area contributed by atoms with E-state index in [1.54, 1.807) is 7.11 Å². The Morgan fingerprint density at radius 2 is 2.13 bits per heavy atom. The van der Waals surface area contributed by atoms with Crippen LogP contribution in [-0.2, 0) is 14.3 Å². The Balaban J connectivity index is 3.95. The van der Waals surface area contributed by atoms with Gasteiger partial charge in [0, 0.05) is 7.11 Å². The largest absolute Gasteiger partial charge is 0.359 e. The molecule has 0 aliphatic heterocycles. The normalized spacial score (nSPS) is 13.7. The van der Waals surface area contributed by atoms with Gasteiger partial charge in [0.15, 0.2) is 0 Å². The van der Waals surface area contributed by atoms with Gasteiger partial charge in [-0.1, -0.05) is 22.9 Å². The minimum atomic E-state index is -0.378. The number of halogens is 1. The van der Waals surface area contributed by atoms with Crippen LogP contribution in [0, 0.1) is 0 Å². The van der Waals surface area contributed by atoms with Crippen LogP contribution in [0.1, 0.15) is 27.2 Å². The standard InChI is InChI=1S/C10H20BrNO3/c1-5-8(11)9(13)12-10(2,3)6-15-7-14-4/h8H,5-7H2,1-4H3,(H,12,13). The maximum Gasteiger partial charge on any atom is 0.234 e. The number of rotatable bonds is 7. The summed E-state index contributed by atoms with van der Waals surface area (Å²) in [6.07, 6.45) is 0.765. The summed E-state index contributed by atoms with van der Waals surface area (Å²) in [5.74, 6) is -0.0106. The van der Waals surface area contributed by atoms with Crippen molar-refractivity contribution in [3.63, 3.8) is 0 Å². The number of hydrogen-bond donors (Lipinski definition) is 1. The van der Waals surface area contributed by atoms with Crippen LogP contribution in [0.4, 0.5) is 0 Å². The molecule has 0 aromatic heterocycles. The molecular weight excluding hydrogens is 262 g/mol. The van der Waals surface area contributed by atoms with Gasteiger partial charge in [-0.3, -0.25) is 4.79 Å². The number of methoxy groups -OCH3 is 1. The Morgan fingerprint density at radius 3 is 2.60 bits per heavy atom. The molecule has 0 bridgehead atoms. The second-order valence-corrected chi connectivity index (χ2v) is 5.11. The lowest BCUT2D eigenvalue weighted by Gasteiger charge is -2.27. The van der Waals surface area contributed by atoms with Crippen LogP contribution in [0.3, 0.4) is 0 Å². The van der Waals surface area contributed by atoms with Gasteiger partial charge in [-0.25, -0.2) is 0 Å². The first-order valence-corrected chi connectivity index (χ1v) is 5.87. The van der Waals surface area contributed by atoms with Gasteiger partial charge in [0.2, 0.25) is 5.91 Å². The van der Waals surface area contributed by atoms with E-state index in [0.717, 1.165) is 6.42 Å². The highest BCUT2D eigenvalue weighted by Crippen LogP contribution is 2.09. The number of amides is 1. The quantitative estimate of drug-likeness (QED) is 0.439. The fourth-order valence-electron chi connectivity index (χ4n) is 1.01. The number of ether oxygens (including phenoxy) is 2. The van der Waals surface area contributed by atoms with Gasteiger partial charge < -0.3 is 14.8 Å². The molecule has 1 atom stereocenters. The van der Waals surface area contributed by atoms with Crippen molar-refractivity contribution in [2.24, 2.45) is 0 Å². The van der Waals surface area contributed by atoms with Crippen LogP contribution >= 0.6 is 15.9 Å². The lowest BCUT2D eigenvalue weighted by atomic mass is 10.1. The number of nitrogens with one attached hydrogen (secondary N) is 1. The van der Waals surface area contributed by atoms with Gasteiger partial charge >= 0.3 is 0 Å². The van der Waals surface area contributed by atoms with Crippen molar-refractivity contribution in [2.45, 2.75) is 37.6 Å². The highest BCUT2D eigenvalue weighted by Gasteiger charge is 2.23. The van der Waals surface area contributed by atoms with Crippen LogP contribution in [0.15, 0.2) is 0 Å². The fourth-order valence-corrected chi connectivity index (χ4v) is 1.13. The molecule has 0 rings (SSSR count). The average Bonchev–Trinajstić information content (AvgIpc) is 2.16. The number of carbonyl (C=O) groups is 1. The summed E-state index contributed by atoms with van der Waals surface area (Å²) in [7, 11) is 1.57. The molecule has 1 N–H and O–H groups in total. The maximum absolute atomic E-state index is 11.6. The summed E-state index contributed by atoms with van der Waals surface area (Å²) in [5, 5.41) is 2.90. The Hall–Kier alpha value is -0.130. The van der Waals surface area contributed by atoms with Crippen LogP contribution in [-0.4, -0.2) is 36.8 Å². The lowest BCUT2D eigenvalue weighted by Crippen LogP contribution is -2.49. The Labute approximate surface area is 99.8 Å². The van der Waals surface area contributed by atoms with Crippen molar-refractivity contribution in [1.29, 1.82) is 0 Å². The molecule has 0 aromatic rings. The summed E-state index contributed by atoms with van der Waals surface area (Å²) in [6.45, 7) is 6.44. The minimum absolute atomic E-state index is 0.0106. The van der Waals surface area contributed by atoms with Crippen LogP contribution < -0.4 is 5.32 Å². The highest BCUT2D eigenvalue weighted by atomic mass is 79.9. The van der Waals surface area contributed by atoms with E-state index in [4.69, 9.17) is 9.47 Å². The van der Waals surface area contributed by atoms with Crippen LogP contribution in [0.25, 0.3) is 0 Å². The second-order valence-electron chi connectivity index (χ2n) is 4.00. The number of alkyl halides is 1. The number of hydrogen-bond acceptors (Lipinski definition) is 3. The molecule has 0 saturated heterocycles. The zero-order chi connectivity index (χ0) is 11.9. The van der Waals surface area contributed by atoms with Gasteiger partial charge in [-0.15, -0.1) is 0 Å². The van der Waals surface area contributed by atoms with E-state index in [2.05, 4.69) is 21.2 Å². The van der Waals surface area contributed by atoms with E-state index < -0.39 is 0 Å². The van der Waals surface area contributed by atoms with Crippen LogP contribution in [0.5, 0.6) is 0 Å². The van der Waals surface area contributed by atoms with E-state index in [0.29, 0.717) is 6.61 Å². The summed E-state index contributed by atoms with van der Waals surface area (Å²) >= 11 is 3.30. The van der Waals surface area contributed by atoms with Crippen molar-refractivity contribution in [1.82, 2.24) is 5.32 Å². The number of carbonyl (C=O) groups excluding carboxylic acids is 1. The van der Waals surface area contributed by atoms with Crippen molar-refractivity contribution in [2.75, 3.05) is 20.5 Å². The SMILES string of the molecule is CCC(Br)C(=O)NC(C)(C)COCOC. The third-order valence-corrected chi connectivity index (χ3v) is 2.83. The molecule has 4 nitrogen and oxygen atoms in total. The fraction of sp³-hybridized carbons (Fsp3) is 0.900. The zero-order valence-corrected chi connectivity index (χ0v) is 11.4. The molecule has 90 valence electrons. The third kappa shape index (κ3) is 6.87. The topological polar surface area (TPSA) is 47.6 Å². The Bertz CT molecular complexity index is 197. The first-order chi connectivity index (χ1) is 6.93. The van der Waals surface area contributed by atoms with Crippen molar-refractivity contribution in [3.8, 4) is 0 Å². The summed E-state index contributed by atoms with van der Waals surface area (Å²) in [6, 6.07) is 0. The Morgan fingerprint density at radius 1 is 1.53 bits per heavy atom. The summed E-state index contributed by atoms with van der Waals surface area (Å²) < 4.78 is 9.98. The molecular formula is C10H20BrNO3. The molecule has 0 aliphatic carbocycles. The molecule has 15 heavy (non-hydrogen) atoms. The maximum atomic E-state index is 11.6. The molecule has 0 radical (unpaired) electrons. The zero-order valence-electron chi connectivity index (χ0n) is 9.80. The van der Waals surface area contributed by atoms with Crippen molar-refractivity contribution in [3.05, 3.63) is 0 Å². The smallest absolute Gasteiger partial charge is 0.234 e. The van der Waals surface area contributed by atoms with Crippen molar-refractivity contribution >= 4 is 21.8 Å². The molecule has 0 saturated carbocycles. The first kappa shape index (κ1) is 14.9. The van der Waals surface area contributed by atoms with Gasteiger partial charge in [0.05, 0.1) is 17.0 Å². The van der Waals surface area contributed by atoms with Gasteiger partial charge in [-0.05, 0) is 20.3 Å². The molecule has 0 aliphatic rings. The predicted molar refractivity (Wildman–Crippen MR) is 63.1 cm³/mol. The predicted octanol–water partition coefficient (Wildman–Crippen LogP) is 1.68. The van der Waals surface area contributed by atoms with E-state index >= 15 is 0 Å².